The molecule has 7 nitrogen and oxygen atoms in total. The lowest BCUT2D eigenvalue weighted by Crippen LogP contribution is -2.33. The van der Waals surface area contributed by atoms with Crippen LogP contribution in [0.15, 0.2) is 23.7 Å². The molecule has 1 saturated carbocycles. The second-order valence-corrected chi connectivity index (χ2v) is 11.2. The second-order valence-electron chi connectivity index (χ2n) is 10.3. The van der Waals surface area contributed by atoms with E-state index in [1.165, 1.54) is 33.8 Å². The summed E-state index contributed by atoms with van der Waals surface area (Å²) in [7, 11) is 2.19. The molecule has 35 heavy (non-hydrogen) atoms. The highest BCUT2D eigenvalue weighted by atomic mass is 32.1. The molecule has 0 spiro atoms. The molecule has 0 radical (unpaired) electrons. The Hall–Kier alpha value is -2.71. The van der Waals surface area contributed by atoms with Gasteiger partial charge in [-0.25, -0.2) is 4.98 Å². The van der Waals surface area contributed by atoms with Crippen molar-refractivity contribution in [3.8, 4) is 0 Å². The third kappa shape index (κ3) is 4.74. The van der Waals surface area contributed by atoms with Gasteiger partial charge in [-0.2, -0.15) is 5.10 Å². The van der Waals surface area contributed by atoms with Crippen molar-refractivity contribution in [3.05, 3.63) is 62.4 Å². The molecule has 184 valence electrons. The van der Waals surface area contributed by atoms with Crippen LogP contribution in [0.3, 0.4) is 0 Å². The van der Waals surface area contributed by atoms with Crippen molar-refractivity contribution in [1.82, 2.24) is 25.0 Å². The van der Waals surface area contributed by atoms with Gasteiger partial charge in [0.15, 0.2) is 5.69 Å². The van der Waals surface area contributed by atoms with Gasteiger partial charge in [0.25, 0.3) is 5.91 Å². The number of aromatic nitrogens is 3. The molecule has 4 heterocycles. The van der Waals surface area contributed by atoms with Crippen LogP contribution >= 0.6 is 11.3 Å². The Kier molecular flexibility index (Phi) is 6.10. The highest BCUT2D eigenvalue weighted by Gasteiger charge is 2.31. The lowest BCUT2D eigenvalue weighted by molar-refractivity contribution is 0.0943. The van der Waals surface area contributed by atoms with Crippen molar-refractivity contribution in [2.75, 3.05) is 25.0 Å². The number of aryl methyl sites for hydroxylation is 4. The van der Waals surface area contributed by atoms with Gasteiger partial charge in [-0.05, 0) is 49.8 Å². The molecular formula is C27H34N6OS. The van der Waals surface area contributed by atoms with Crippen LogP contribution in [-0.4, -0.2) is 51.8 Å². The average molecular weight is 491 g/mol. The number of benzene rings is 1. The number of carbonyl (C=O) groups excluding carboxylic acids is 1. The molecule has 0 saturated heterocycles. The smallest absolute Gasteiger partial charge is 0.272 e. The summed E-state index contributed by atoms with van der Waals surface area (Å²) in [5.74, 6) is -0.00450. The van der Waals surface area contributed by atoms with E-state index < -0.39 is 0 Å². The summed E-state index contributed by atoms with van der Waals surface area (Å²) in [6.07, 6.45) is 6.38. The molecule has 0 unspecified atom stereocenters. The van der Waals surface area contributed by atoms with Gasteiger partial charge in [-0.15, -0.1) is 11.3 Å². The molecule has 2 aromatic heterocycles. The van der Waals surface area contributed by atoms with Crippen LogP contribution in [0.4, 0.5) is 5.69 Å². The molecular weight excluding hydrogens is 456 g/mol. The fraction of sp³-hybridized carbons (Fsp3) is 0.519. The van der Waals surface area contributed by atoms with Crippen LogP contribution in [0.25, 0.3) is 0 Å². The van der Waals surface area contributed by atoms with Gasteiger partial charge in [-0.1, -0.05) is 12.1 Å². The molecule has 0 atom stereocenters. The van der Waals surface area contributed by atoms with Crippen molar-refractivity contribution < 1.29 is 4.79 Å². The molecule has 1 amide bonds. The predicted molar refractivity (Wildman–Crippen MR) is 139 cm³/mol. The van der Waals surface area contributed by atoms with Crippen molar-refractivity contribution in [3.63, 3.8) is 0 Å². The quantitative estimate of drug-likeness (QED) is 0.547. The molecule has 1 N–H and O–H groups in total. The normalized spacial score (nSPS) is 17.8. The number of nitrogens with zero attached hydrogens (tertiary/aromatic N) is 5. The first kappa shape index (κ1) is 22.7. The predicted octanol–water partition coefficient (Wildman–Crippen LogP) is 3.72. The number of thiazole rings is 1. The number of amides is 1. The Morgan fingerprint density at radius 1 is 1.23 bits per heavy atom. The first-order chi connectivity index (χ1) is 17.0. The van der Waals surface area contributed by atoms with E-state index in [2.05, 4.69) is 57.0 Å². The highest BCUT2D eigenvalue weighted by Crippen LogP contribution is 2.30. The largest absolute Gasteiger partial charge is 0.374 e. The number of nitrogens with one attached hydrogen (secondary N) is 1. The number of hydrogen-bond acceptors (Lipinski definition) is 6. The van der Waals surface area contributed by atoms with Crippen molar-refractivity contribution in [1.29, 1.82) is 0 Å². The molecule has 8 heteroatoms. The Balaban J connectivity index is 1.22. The second kappa shape index (κ2) is 9.39. The Morgan fingerprint density at radius 3 is 2.91 bits per heavy atom. The minimum Gasteiger partial charge on any atom is -0.374 e. The van der Waals surface area contributed by atoms with Crippen molar-refractivity contribution in [2.45, 2.75) is 71.1 Å². The molecule has 0 bridgehead atoms. The van der Waals surface area contributed by atoms with Gasteiger partial charge in [0.2, 0.25) is 0 Å². The maximum Gasteiger partial charge on any atom is 0.272 e. The maximum atomic E-state index is 13.1. The Labute approximate surface area is 211 Å². The topological polar surface area (TPSA) is 66.3 Å². The van der Waals surface area contributed by atoms with E-state index in [9.17, 15) is 4.79 Å². The van der Waals surface area contributed by atoms with Crippen molar-refractivity contribution >= 4 is 22.9 Å². The zero-order valence-corrected chi connectivity index (χ0v) is 21.5. The average Bonchev–Trinajstić information content (AvgIpc) is 3.45. The molecule has 3 aliphatic rings. The van der Waals surface area contributed by atoms with Gasteiger partial charge >= 0.3 is 0 Å². The van der Waals surface area contributed by atoms with Gasteiger partial charge in [0.05, 0.1) is 11.2 Å². The Bertz CT molecular complexity index is 1240. The lowest BCUT2D eigenvalue weighted by Gasteiger charge is -2.30. The summed E-state index contributed by atoms with van der Waals surface area (Å²) < 4.78 is 2.10. The summed E-state index contributed by atoms with van der Waals surface area (Å²) in [6.45, 7) is 6.67. The third-order valence-corrected chi connectivity index (χ3v) is 8.63. The third-order valence-electron chi connectivity index (χ3n) is 7.64. The molecule has 3 aromatic rings. The van der Waals surface area contributed by atoms with E-state index in [0.717, 1.165) is 76.1 Å². The van der Waals surface area contributed by atoms with Crippen LogP contribution in [0.5, 0.6) is 0 Å². The molecule has 1 aliphatic carbocycles. The molecule has 1 aromatic carbocycles. The summed E-state index contributed by atoms with van der Waals surface area (Å²) in [6, 6.07) is 7.28. The number of fused-ring (bicyclic) bond motifs is 2. The SMILES string of the molecule is Cc1ncsc1CCn1nc(C(=O)NC2CC2)c2c1CCN(Cc1ccc3c(c1)CCCN3C)C2. The summed E-state index contributed by atoms with van der Waals surface area (Å²) in [5.41, 5.74) is 10.2. The van der Waals surface area contributed by atoms with Gasteiger partial charge < -0.3 is 10.2 Å². The van der Waals surface area contributed by atoms with Crippen LogP contribution < -0.4 is 10.2 Å². The Morgan fingerprint density at radius 2 is 2.11 bits per heavy atom. The van der Waals surface area contributed by atoms with Gasteiger partial charge in [0, 0.05) is 80.5 Å². The van der Waals surface area contributed by atoms with Crippen LogP contribution in [0, 0.1) is 6.92 Å². The lowest BCUT2D eigenvalue weighted by atomic mass is 9.98. The van der Waals surface area contributed by atoms with E-state index in [0.29, 0.717) is 11.7 Å². The van der Waals surface area contributed by atoms with E-state index in [1.54, 1.807) is 11.3 Å². The zero-order valence-electron chi connectivity index (χ0n) is 20.7. The van der Waals surface area contributed by atoms with E-state index in [4.69, 9.17) is 5.10 Å². The number of anilines is 1. The van der Waals surface area contributed by atoms with Crippen LogP contribution in [-0.2, 0) is 38.9 Å². The van der Waals surface area contributed by atoms with E-state index in [-0.39, 0.29) is 5.91 Å². The van der Waals surface area contributed by atoms with E-state index >= 15 is 0 Å². The monoisotopic (exact) mass is 490 g/mol. The molecule has 2 aliphatic heterocycles. The van der Waals surface area contributed by atoms with Crippen LogP contribution in [0.1, 0.15) is 62.7 Å². The van der Waals surface area contributed by atoms with Gasteiger partial charge in [-0.3, -0.25) is 14.4 Å². The minimum atomic E-state index is -0.00450. The van der Waals surface area contributed by atoms with Gasteiger partial charge in [0.1, 0.15) is 0 Å². The molecule has 1 fully saturated rings. The van der Waals surface area contributed by atoms with Crippen molar-refractivity contribution in [2.24, 2.45) is 0 Å². The maximum absolute atomic E-state index is 13.1. The fourth-order valence-electron chi connectivity index (χ4n) is 5.50. The number of carbonyl (C=O) groups is 1. The summed E-state index contributed by atoms with van der Waals surface area (Å²) in [4.78, 5) is 23.6. The van der Waals surface area contributed by atoms with Crippen LogP contribution in [0.2, 0.25) is 0 Å². The number of rotatable bonds is 7. The first-order valence-electron chi connectivity index (χ1n) is 12.9. The number of hydrogen-bond donors (Lipinski definition) is 1. The van der Waals surface area contributed by atoms with E-state index in [1.807, 2.05) is 5.51 Å². The first-order valence-corrected chi connectivity index (χ1v) is 13.8. The summed E-state index contributed by atoms with van der Waals surface area (Å²) in [5, 5.41) is 8.04. The standard InChI is InChI=1S/C27H34N6OS/c1-18-25(35-17-28-18)10-13-33-24-9-12-32(16-22(24)26(30-33)27(34)29-21-6-7-21)15-19-5-8-23-20(14-19)4-3-11-31(23)2/h5,8,14,17,21H,3-4,6-7,9-13,15-16H2,1-2H3,(H,29,34). The summed E-state index contributed by atoms with van der Waals surface area (Å²) >= 11 is 1.70. The zero-order chi connectivity index (χ0) is 23.9. The minimum absolute atomic E-state index is 0.00450. The molecule has 6 rings (SSSR count). The highest BCUT2D eigenvalue weighted by molar-refractivity contribution is 7.09. The fourth-order valence-corrected chi connectivity index (χ4v) is 6.27.